The van der Waals surface area contributed by atoms with Crippen molar-refractivity contribution >= 4 is 5.82 Å². The van der Waals surface area contributed by atoms with Crippen LogP contribution >= 0.6 is 0 Å². The summed E-state index contributed by atoms with van der Waals surface area (Å²) in [7, 11) is 0. The molecule has 0 spiro atoms. The molecule has 1 heterocycles. The molecule has 0 atom stereocenters. The summed E-state index contributed by atoms with van der Waals surface area (Å²) in [6.07, 6.45) is 5.80. The van der Waals surface area contributed by atoms with E-state index in [1.54, 1.807) is 0 Å². The maximum Gasteiger partial charge on any atom is 0.129 e. The van der Waals surface area contributed by atoms with Gasteiger partial charge < -0.3 is 10.6 Å². The van der Waals surface area contributed by atoms with E-state index in [0.717, 1.165) is 12.4 Å². The van der Waals surface area contributed by atoms with Gasteiger partial charge in [-0.3, -0.25) is 0 Å². The Morgan fingerprint density at radius 2 is 2.33 bits per heavy atom. The zero-order valence-corrected chi connectivity index (χ0v) is 9.32. The predicted molar refractivity (Wildman–Crippen MR) is 63.0 cm³/mol. The topological polar surface area (TPSA) is 42.2 Å². The molecule has 1 aliphatic rings. The molecule has 1 aromatic heterocycles. The van der Waals surface area contributed by atoms with E-state index < -0.39 is 0 Å². The van der Waals surface area contributed by atoms with Crippen LogP contribution in [0.25, 0.3) is 0 Å². The summed E-state index contributed by atoms with van der Waals surface area (Å²) in [5, 5.41) is 0. The molecule has 0 unspecified atom stereocenters. The van der Waals surface area contributed by atoms with Crippen LogP contribution in [0.4, 0.5) is 5.82 Å². The molecule has 0 bridgehead atoms. The van der Waals surface area contributed by atoms with Gasteiger partial charge in [0.1, 0.15) is 5.82 Å². The minimum atomic E-state index is 0.669. The molecule has 0 aromatic carbocycles. The third-order valence-electron chi connectivity index (χ3n) is 3.08. The first-order valence-corrected chi connectivity index (χ1v) is 5.70. The van der Waals surface area contributed by atoms with Crippen LogP contribution in [0.3, 0.4) is 0 Å². The molecule has 15 heavy (non-hydrogen) atoms. The highest BCUT2D eigenvalue weighted by atomic mass is 15.2. The number of nitrogens with zero attached hydrogens (tertiary/aromatic N) is 2. The molecule has 1 aromatic rings. The van der Waals surface area contributed by atoms with Crippen molar-refractivity contribution in [3.8, 4) is 0 Å². The maximum atomic E-state index is 5.65. The number of aryl methyl sites for hydroxylation is 1. The second kappa shape index (κ2) is 4.62. The fourth-order valence-electron chi connectivity index (χ4n) is 2.00. The van der Waals surface area contributed by atoms with Crippen LogP contribution in [0, 0.1) is 6.92 Å². The molecular weight excluding hydrogens is 186 g/mol. The van der Waals surface area contributed by atoms with Gasteiger partial charge in [-0.1, -0.05) is 0 Å². The quantitative estimate of drug-likeness (QED) is 0.813. The summed E-state index contributed by atoms with van der Waals surface area (Å²) in [6, 6.07) is 4.85. The number of nitrogens with two attached hydrogens (primary N) is 1. The van der Waals surface area contributed by atoms with Crippen molar-refractivity contribution in [3.63, 3.8) is 0 Å². The van der Waals surface area contributed by atoms with Gasteiger partial charge in [0.05, 0.1) is 0 Å². The molecule has 3 nitrogen and oxygen atoms in total. The van der Waals surface area contributed by atoms with Crippen LogP contribution in [0.1, 0.15) is 24.8 Å². The van der Waals surface area contributed by atoms with Gasteiger partial charge in [0.15, 0.2) is 0 Å². The molecule has 1 saturated carbocycles. The number of pyridine rings is 1. The lowest BCUT2D eigenvalue weighted by Gasteiger charge is -2.38. The predicted octanol–water partition coefficient (Wildman–Crippen LogP) is 1.71. The van der Waals surface area contributed by atoms with E-state index in [9.17, 15) is 0 Å². The Hall–Kier alpha value is -1.09. The normalized spacial score (nSPS) is 16.1. The lowest BCUT2D eigenvalue weighted by atomic mass is 9.91. The van der Waals surface area contributed by atoms with Gasteiger partial charge in [-0.25, -0.2) is 4.98 Å². The SMILES string of the molecule is Cc1ccnc(N(CCN)C2CCC2)c1. The van der Waals surface area contributed by atoms with Crippen LogP contribution in [0.15, 0.2) is 18.3 Å². The monoisotopic (exact) mass is 205 g/mol. The van der Waals surface area contributed by atoms with Gasteiger partial charge in [-0.2, -0.15) is 0 Å². The Balaban J connectivity index is 2.15. The highest BCUT2D eigenvalue weighted by Gasteiger charge is 2.25. The van der Waals surface area contributed by atoms with Gasteiger partial charge in [0.2, 0.25) is 0 Å². The first kappa shape index (κ1) is 10.4. The van der Waals surface area contributed by atoms with E-state index >= 15 is 0 Å². The molecule has 82 valence electrons. The van der Waals surface area contributed by atoms with Gasteiger partial charge in [0, 0.05) is 25.3 Å². The average molecular weight is 205 g/mol. The van der Waals surface area contributed by atoms with E-state index in [-0.39, 0.29) is 0 Å². The summed E-state index contributed by atoms with van der Waals surface area (Å²) in [5.41, 5.74) is 6.92. The highest BCUT2D eigenvalue weighted by molar-refractivity contribution is 5.42. The number of rotatable bonds is 4. The number of hydrogen-bond acceptors (Lipinski definition) is 3. The molecule has 2 rings (SSSR count). The van der Waals surface area contributed by atoms with Gasteiger partial charge in [-0.15, -0.1) is 0 Å². The molecular formula is C12H19N3. The van der Waals surface area contributed by atoms with Crippen LogP contribution in [0.5, 0.6) is 0 Å². The minimum Gasteiger partial charge on any atom is -0.352 e. The van der Waals surface area contributed by atoms with Crippen LogP contribution in [-0.4, -0.2) is 24.1 Å². The van der Waals surface area contributed by atoms with E-state index in [0.29, 0.717) is 12.6 Å². The van der Waals surface area contributed by atoms with Crippen molar-refractivity contribution in [2.24, 2.45) is 5.73 Å². The Morgan fingerprint density at radius 3 is 2.87 bits per heavy atom. The molecule has 0 amide bonds. The number of aromatic nitrogens is 1. The van der Waals surface area contributed by atoms with E-state index in [1.807, 2.05) is 12.3 Å². The summed E-state index contributed by atoms with van der Waals surface area (Å²) >= 11 is 0. The summed E-state index contributed by atoms with van der Waals surface area (Å²) in [6.45, 7) is 3.72. The molecule has 0 radical (unpaired) electrons. The molecule has 2 N–H and O–H groups in total. The number of hydrogen-bond donors (Lipinski definition) is 1. The Labute approximate surface area is 91.3 Å². The van der Waals surface area contributed by atoms with Crippen molar-refractivity contribution in [3.05, 3.63) is 23.9 Å². The first-order valence-electron chi connectivity index (χ1n) is 5.70. The van der Waals surface area contributed by atoms with Crippen molar-refractivity contribution < 1.29 is 0 Å². The van der Waals surface area contributed by atoms with Crippen molar-refractivity contribution in [1.82, 2.24) is 4.98 Å². The van der Waals surface area contributed by atoms with E-state index in [4.69, 9.17) is 5.73 Å². The Morgan fingerprint density at radius 1 is 1.53 bits per heavy atom. The fourth-order valence-corrected chi connectivity index (χ4v) is 2.00. The Kier molecular flexibility index (Phi) is 3.21. The summed E-state index contributed by atoms with van der Waals surface area (Å²) in [5.74, 6) is 1.09. The fraction of sp³-hybridized carbons (Fsp3) is 0.583. The third kappa shape index (κ3) is 2.29. The summed E-state index contributed by atoms with van der Waals surface area (Å²) < 4.78 is 0. The zero-order valence-electron chi connectivity index (χ0n) is 9.32. The van der Waals surface area contributed by atoms with Crippen LogP contribution in [-0.2, 0) is 0 Å². The second-order valence-corrected chi connectivity index (χ2v) is 4.26. The van der Waals surface area contributed by atoms with Crippen LogP contribution in [0.2, 0.25) is 0 Å². The molecule has 1 aliphatic carbocycles. The molecule has 0 aliphatic heterocycles. The van der Waals surface area contributed by atoms with Crippen molar-refractivity contribution in [1.29, 1.82) is 0 Å². The standard InChI is InChI=1S/C12H19N3/c1-10-5-7-14-12(9-10)15(8-6-13)11-3-2-4-11/h5,7,9,11H,2-4,6,8,13H2,1H3. The van der Waals surface area contributed by atoms with E-state index in [1.165, 1.54) is 24.8 Å². The van der Waals surface area contributed by atoms with Crippen molar-refractivity contribution in [2.45, 2.75) is 32.2 Å². The second-order valence-electron chi connectivity index (χ2n) is 4.26. The molecule has 0 saturated heterocycles. The van der Waals surface area contributed by atoms with Crippen molar-refractivity contribution in [2.75, 3.05) is 18.0 Å². The van der Waals surface area contributed by atoms with Gasteiger partial charge in [-0.05, 0) is 43.9 Å². The maximum absolute atomic E-state index is 5.65. The largest absolute Gasteiger partial charge is 0.352 e. The first-order chi connectivity index (χ1) is 7.31. The minimum absolute atomic E-state index is 0.669. The van der Waals surface area contributed by atoms with Gasteiger partial charge >= 0.3 is 0 Å². The lowest BCUT2D eigenvalue weighted by molar-refractivity contribution is 0.386. The average Bonchev–Trinajstić information content (AvgIpc) is 2.14. The molecule has 3 heteroatoms. The van der Waals surface area contributed by atoms with E-state index in [2.05, 4.69) is 22.9 Å². The summed E-state index contributed by atoms with van der Waals surface area (Å²) in [4.78, 5) is 6.79. The third-order valence-corrected chi connectivity index (χ3v) is 3.08. The Bertz CT molecular complexity index is 320. The van der Waals surface area contributed by atoms with Crippen LogP contribution < -0.4 is 10.6 Å². The molecule has 1 fully saturated rings. The lowest BCUT2D eigenvalue weighted by Crippen LogP contribution is -2.43. The zero-order chi connectivity index (χ0) is 10.7. The van der Waals surface area contributed by atoms with Gasteiger partial charge in [0.25, 0.3) is 0 Å². The number of anilines is 1. The smallest absolute Gasteiger partial charge is 0.129 e. The highest BCUT2D eigenvalue weighted by Crippen LogP contribution is 2.28.